The molecule has 0 aliphatic carbocycles. The largest absolute Gasteiger partial charge is 0.139 e. The lowest BCUT2D eigenvalue weighted by Gasteiger charge is -1.68. The normalized spacial score (nSPS) is 6.25. The van der Waals surface area contributed by atoms with Crippen LogP contribution in [0.5, 0.6) is 0 Å². The molecule has 0 fully saturated rings. The van der Waals surface area contributed by atoms with Crippen LogP contribution in [0.3, 0.4) is 0 Å². The molecule has 0 unspecified atom stereocenters. The molecular weight excluding hydrogens is 106 g/mol. The average molecular weight is 109 g/mol. The summed E-state index contributed by atoms with van der Waals surface area (Å²) in [4.78, 5) is 0. The van der Waals surface area contributed by atoms with Crippen molar-refractivity contribution in [3.8, 4) is 0 Å². The summed E-state index contributed by atoms with van der Waals surface area (Å²) < 4.78 is 0. The minimum Gasteiger partial charge on any atom is -0.139 e. The fourth-order valence-electron chi connectivity index (χ4n) is 0.205. The summed E-state index contributed by atoms with van der Waals surface area (Å²) in [7, 11) is 0. The van der Waals surface area contributed by atoms with Crippen molar-refractivity contribution in [1.82, 2.24) is 15.4 Å². The van der Waals surface area contributed by atoms with Crippen LogP contribution in [-0.2, 0) is 0 Å². The van der Waals surface area contributed by atoms with Crippen molar-refractivity contribution in [2.75, 3.05) is 0 Å². The Hall–Kier alpha value is -1.57. The highest BCUT2D eigenvalue weighted by atomic mass is 15.3. The predicted molar refractivity (Wildman–Crippen MR) is 23.3 cm³/mol. The van der Waals surface area contributed by atoms with Crippen molar-refractivity contribution in [2.24, 2.45) is 0 Å². The van der Waals surface area contributed by atoms with Crippen LogP contribution >= 0.6 is 0 Å². The summed E-state index contributed by atoms with van der Waals surface area (Å²) in [6, 6.07) is 1.72. The van der Waals surface area contributed by atoms with Gasteiger partial charge in [-0.3, -0.25) is 0 Å². The van der Waals surface area contributed by atoms with Crippen molar-refractivity contribution >= 4 is 0 Å². The predicted octanol–water partition coefficient (Wildman–Crippen LogP) is -0.0982. The van der Waals surface area contributed by atoms with E-state index in [4.69, 9.17) is 10.8 Å². The van der Waals surface area contributed by atoms with Gasteiger partial charge in [0.2, 0.25) is 0 Å². The minimum absolute atomic E-state index is 1.58. The molecule has 8 heavy (non-hydrogen) atoms. The fourth-order valence-corrected chi connectivity index (χ4v) is 0.205. The molecule has 1 heterocycles. The van der Waals surface area contributed by atoms with Crippen LogP contribution in [0.1, 0.15) is 0 Å². The molecule has 0 bridgehead atoms. The van der Waals surface area contributed by atoms with Crippen molar-refractivity contribution in [3.63, 3.8) is 0 Å². The quantitative estimate of drug-likeness (QED) is 0.434. The second-order valence-electron chi connectivity index (χ2n) is 0.811. The molecule has 0 spiro atoms. The van der Waals surface area contributed by atoms with E-state index in [0.29, 0.717) is 0 Å². The molecule has 0 saturated heterocycles. The van der Waals surface area contributed by atoms with Crippen LogP contribution in [0.4, 0.5) is 0 Å². The molecule has 40 valence electrons. The topological polar surface area (TPSA) is 86.2 Å². The number of nitrogens with zero attached hydrogens (tertiary/aromatic N) is 5. The standard InChI is InChI=1S/C3H3N3.N2/c1-2-4-6-5-3-1;1-2/h1-3H;. The monoisotopic (exact) mass is 109 g/mol. The van der Waals surface area contributed by atoms with Crippen LogP contribution in [0.15, 0.2) is 18.5 Å². The Morgan fingerprint density at radius 2 is 1.50 bits per heavy atom. The Morgan fingerprint density at radius 3 is 1.62 bits per heavy atom. The van der Waals surface area contributed by atoms with Gasteiger partial charge in [0.05, 0.1) is 12.4 Å². The van der Waals surface area contributed by atoms with Crippen molar-refractivity contribution < 1.29 is 0 Å². The molecule has 5 heteroatoms. The number of aromatic nitrogens is 3. The maximum absolute atomic E-state index is 6.00. The first kappa shape index (κ1) is 6.43. The summed E-state index contributed by atoms with van der Waals surface area (Å²) in [5.41, 5.74) is 0. The van der Waals surface area contributed by atoms with Gasteiger partial charge in [-0.15, -0.1) is 10.2 Å². The molecule has 0 saturated carbocycles. The molecule has 1 aromatic rings. The number of rotatable bonds is 0. The Kier molecular flexibility index (Phi) is 4.36. The number of hydrogen-bond acceptors (Lipinski definition) is 5. The SMILES string of the molecule is N#N.c1cnnnc1. The van der Waals surface area contributed by atoms with Crippen LogP contribution in [-0.4, -0.2) is 15.4 Å². The third-order valence-electron chi connectivity index (χ3n) is 0.409. The second kappa shape index (κ2) is 5.43. The van der Waals surface area contributed by atoms with Gasteiger partial charge in [-0.1, -0.05) is 0 Å². The first-order valence-corrected chi connectivity index (χ1v) is 1.78. The molecule has 0 aromatic carbocycles. The first-order chi connectivity index (χ1) is 4.00. The molecule has 1 aromatic heterocycles. The van der Waals surface area contributed by atoms with E-state index in [1.165, 1.54) is 0 Å². The van der Waals surface area contributed by atoms with Gasteiger partial charge in [0, 0.05) is 10.8 Å². The molecule has 0 atom stereocenters. The van der Waals surface area contributed by atoms with E-state index in [0.717, 1.165) is 0 Å². The first-order valence-electron chi connectivity index (χ1n) is 1.78. The highest BCUT2D eigenvalue weighted by Crippen LogP contribution is 1.61. The van der Waals surface area contributed by atoms with Gasteiger partial charge in [-0.25, -0.2) is 0 Å². The van der Waals surface area contributed by atoms with Gasteiger partial charge in [-0.2, -0.15) is 0 Å². The zero-order valence-electron chi connectivity index (χ0n) is 3.97. The Morgan fingerprint density at radius 1 is 1.00 bits per heavy atom. The summed E-state index contributed by atoms with van der Waals surface area (Å²) in [6.07, 6.45) is 3.15. The Balaban J connectivity index is 0.000000222. The van der Waals surface area contributed by atoms with Gasteiger partial charge in [0.1, 0.15) is 0 Å². The van der Waals surface area contributed by atoms with Gasteiger partial charge in [0.25, 0.3) is 0 Å². The zero-order valence-corrected chi connectivity index (χ0v) is 3.97. The second-order valence-corrected chi connectivity index (χ2v) is 0.811. The summed E-state index contributed by atoms with van der Waals surface area (Å²) in [5, 5.41) is 22.1. The summed E-state index contributed by atoms with van der Waals surface area (Å²) in [6.45, 7) is 0. The van der Waals surface area contributed by atoms with Crippen LogP contribution in [0.2, 0.25) is 0 Å². The van der Waals surface area contributed by atoms with Gasteiger partial charge >= 0.3 is 0 Å². The molecule has 5 nitrogen and oxygen atoms in total. The summed E-state index contributed by atoms with van der Waals surface area (Å²) in [5.74, 6) is 0. The lowest BCUT2D eigenvalue weighted by molar-refractivity contribution is 0.865. The molecule has 0 aliphatic rings. The smallest absolute Gasteiger partial charge is 0.0529 e. The zero-order chi connectivity index (χ0) is 6.24. The van der Waals surface area contributed by atoms with Crippen molar-refractivity contribution in [3.05, 3.63) is 18.5 Å². The van der Waals surface area contributed by atoms with Crippen LogP contribution in [0.25, 0.3) is 0 Å². The highest BCUT2D eigenvalue weighted by Gasteiger charge is 1.60. The van der Waals surface area contributed by atoms with Crippen molar-refractivity contribution in [1.29, 1.82) is 10.8 Å². The van der Waals surface area contributed by atoms with E-state index in [2.05, 4.69) is 15.4 Å². The van der Waals surface area contributed by atoms with Crippen molar-refractivity contribution in [2.45, 2.75) is 0 Å². The summed E-state index contributed by atoms with van der Waals surface area (Å²) >= 11 is 0. The average Bonchev–Trinajstić information content (AvgIpc) is 1.96. The van der Waals surface area contributed by atoms with E-state index in [1.54, 1.807) is 18.5 Å². The molecule has 0 amide bonds. The third-order valence-corrected chi connectivity index (χ3v) is 0.409. The van der Waals surface area contributed by atoms with E-state index in [-0.39, 0.29) is 0 Å². The fraction of sp³-hybridized carbons (Fsp3) is 0. The van der Waals surface area contributed by atoms with Crippen LogP contribution < -0.4 is 0 Å². The maximum Gasteiger partial charge on any atom is 0.0529 e. The molecule has 1 rings (SSSR count). The van der Waals surface area contributed by atoms with E-state index >= 15 is 0 Å². The van der Waals surface area contributed by atoms with E-state index in [1.807, 2.05) is 0 Å². The van der Waals surface area contributed by atoms with Crippen LogP contribution in [0, 0.1) is 10.8 Å². The molecular formula is C3H3N5. The molecule has 0 N–H and O–H groups in total. The highest BCUT2D eigenvalue weighted by molar-refractivity contribution is 4.69. The van der Waals surface area contributed by atoms with Gasteiger partial charge in [0.15, 0.2) is 0 Å². The lowest BCUT2D eigenvalue weighted by Crippen LogP contribution is -1.78. The van der Waals surface area contributed by atoms with E-state index in [9.17, 15) is 0 Å². The Bertz CT molecular complexity index is 108. The van der Waals surface area contributed by atoms with Gasteiger partial charge in [-0.05, 0) is 11.3 Å². The Labute approximate surface area is 45.8 Å². The third kappa shape index (κ3) is 2.66. The maximum atomic E-state index is 6.00. The molecule has 0 radical (unpaired) electrons. The molecule has 0 aliphatic heterocycles. The lowest BCUT2D eigenvalue weighted by atomic mass is 10.7. The van der Waals surface area contributed by atoms with E-state index < -0.39 is 0 Å². The minimum atomic E-state index is 1.58. The van der Waals surface area contributed by atoms with Gasteiger partial charge < -0.3 is 0 Å². The number of hydrogen-bond donors (Lipinski definition) is 0.